The van der Waals surface area contributed by atoms with E-state index in [1.807, 2.05) is 0 Å². The lowest BCUT2D eigenvalue weighted by atomic mass is 10.2. The molecule has 0 fully saturated rings. The number of anilines is 1. The van der Waals surface area contributed by atoms with Gasteiger partial charge < -0.3 is 5.73 Å². The molecule has 0 atom stereocenters. The number of alkyl halides is 3. The van der Waals surface area contributed by atoms with Crippen molar-refractivity contribution in [2.45, 2.75) is 22.4 Å². The molecule has 1 amide bonds. The van der Waals surface area contributed by atoms with Crippen LogP contribution in [0.15, 0.2) is 52.3 Å². The van der Waals surface area contributed by atoms with Gasteiger partial charge in [0.1, 0.15) is 5.82 Å². The molecule has 2 aromatic carbocycles. The number of amides is 1. The zero-order chi connectivity index (χ0) is 20.2. The van der Waals surface area contributed by atoms with Gasteiger partial charge in [0.25, 0.3) is 10.0 Å². The number of thioether (sulfide) groups is 1. The van der Waals surface area contributed by atoms with Crippen molar-refractivity contribution >= 4 is 33.4 Å². The summed E-state index contributed by atoms with van der Waals surface area (Å²) in [5, 5.41) is 0. The third kappa shape index (κ3) is 5.60. The number of hydrogen-bond acceptors (Lipinski definition) is 4. The van der Waals surface area contributed by atoms with E-state index in [-0.39, 0.29) is 18.2 Å². The topological polar surface area (TPSA) is 89.3 Å². The molecule has 2 rings (SSSR count). The molecule has 27 heavy (non-hydrogen) atoms. The van der Waals surface area contributed by atoms with Crippen LogP contribution >= 0.6 is 11.8 Å². The lowest BCUT2D eigenvalue weighted by Crippen LogP contribution is -2.16. The minimum atomic E-state index is -5.03. The van der Waals surface area contributed by atoms with Crippen LogP contribution in [0.3, 0.4) is 0 Å². The summed E-state index contributed by atoms with van der Waals surface area (Å²) in [6.45, 7) is 0. The quantitative estimate of drug-likeness (QED) is 0.527. The smallest absolute Gasteiger partial charge is 0.370 e. The third-order valence-corrected chi connectivity index (χ3v) is 5.73. The Morgan fingerprint density at radius 1 is 1.15 bits per heavy atom. The largest absolute Gasteiger partial charge is 0.419 e. The number of primary amides is 1. The van der Waals surface area contributed by atoms with Gasteiger partial charge in [-0.05, 0) is 30.3 Å². The zero-order valence-electron chi connectivity index (χ0n) is 13.6. The number of carbonyl (C=O) groups is 1. The predicted molar refractivity (Wildman–Crippen MR) is 93.2 cm³/mol. The molecule has 0 aliphatic carbocycles. The Kier molecular flexibility index (Phi) is 6.37. The molecule has 0 bridgehead atoms. The van der Waals surface area contributed by atoms with E-state index in [9.17, 15) is 30.8 Å². The van der Waals surface area contributed by atoms with Gasteiger partial charge in [0.15, 0.2) is 0 Å². The molecular formula is C16H14F4N2O3S2. The highest BCUT2D eigenvalue weighted by Crippen LogP contribution is 2.34. The summed E-state index contributed by atoms with van der Waals surface area (Å²) in [4.78, 5) is 10.5. The molecule has 146 valence electrons. The number of nitrogens with one attached hydrogen (secondary N) is 1. The highest BCUT2D eigenvalue weighted by atomic mass is 32.2. The van der Waals surface area contributed by atoms with Crippen LogP contribution in [0.4, 0.5) is 23.2 Å². The van der Waals surface area contributed by atoms with Crippen LogP contribution in [0, 0.1) is 5.82 Å². The molecule has 5 nitrogen and oxygen atoms in total. The molecule has 0 spiro atoms. The second kappa shape index (κ2) is 8.17. The van der Waals surface area contributed by atoms with Crippen molar-refractivity contribution in [1.29, 1.82) is 0 Å². The van der Waals surface area contributed by atoms with E-state index in [0.717, 1.165) is 17.8 Å². The molecule has 3 N–H and O–H groups in total. The van der Waals surface area contributed by atoms with Crippen molar-refractivity contribution in [3.63, 3.8) is 0 Å². The van der Waals surface area contributed by atoms with Crippen LogP contribution < -0.4 is 10.5 Å². The van der Waals surface area contributed by atoms with Gasteiger partial charge in [-0.3, -0.25) is 9.52 Å². The second-order valence-electron chi connectivity index (χ2n) is 5.31. The van der Waals surface area contributed by atoms with Crippen molar-refractivity contribution in [2.24, 2.45) is 5.73 Å². The minimum Gasteiger partial charge on any atom is -0.370 e. The van der Waals surface area contributed by atoms with Crippen LogP contribution in [0.25, 0.3) is 0 Å². The van der Waals surface area contributed by atoms with E-state index in [1.54, 1.807) is 12.1 Å². The Morgan fingerprint density at radius 3 is 2.44 bits per heavy atom. The van der Waals surface area contributed by atoms with E-state index >= 15 is 0 Å². The Balaban J connectivity index is 2.31. The van der Waals surface area contributed by atoms with Gasteiger partial charge in [-0.2, -0.15) is 13.2 Å². The molecule has 0 unspecified atom stereocenters. The van der Waals surface area contributed by atoms with Gasteiger partial charge in [-0.1, -0.05) is 12.1 Å². The summed E-state index contributed by atoms with van der Waals surface area (Å²) in [7, 11) is -4.40. The van der Waals surface area contributed by atoms with Crippen molar-refractivity contribution in [3.8, 4) is 0 Å². The van der Waals surface area contributed by atoms with Crippen LogP contribution in [0.1, 0.15) is 12.0 Å². The summed E-state index contributed by atoms with van der Waals surface area (Å²) in [6.07, 6.45) is -4.96. The first kappa shape index (κ1) is 21.0. The van der Waals surface area contributed by atoms with Crippen molar-refractivity contribution < 1.29 is 30.8 Å². The number of rotatable bonds is 7. The fourth-order valence-corrected chi connectivity index (χ4v) is 4.17. The van der Waals surface area contributed by atoms with Crippen LogP contribution in [-0.2, 0) is 21.0 Å². The van der Waals surface area contributed by atoms with Crippen molar-refractivity contribution in [1.82, 2.24) is 0 Å². The molecule has 0 aliphatic rings. The fraction of sp³-hybridized carbons (Fsp3) is 0.188. The molecule has 11 heteroatoms. The molecule has 2 aromatic rings. The lowest BCUT2D eigenvalue weighted by Gasteiger charge is -2.14. The first-order valence-corrected chi connectivity index (χ1v) is 9.87. The number of benzene rings is 2. The Morgan fingerprint density at radius 2 is 1.81 bits per heavy atom. The fourth-order valence-electron chi connectivity index (χ4n) is 2.03. The number of carbonyl (C=O) groups excluding carboxylic acids is 1. The number of halogens is 4. The van der Waals surface area contributed by atoms with Gasteiger partial charge in [0.05, 0.1) is 16.1 Å². The molecule has 0 aromatic heterocycles. The minimum absolute atomic E-state index is 0.0681. The second-order valence-corrected chi connectivity index (χ2v) is 8.12. The molecule has 0 saturated carbocycles. The summed E-state index contributed by atoms with van der Waals surface area (Å²) in [6, 6.07) is 7.58. The van der Waals surface area contributed by atoms with E-state index in [0.29, 0.717) is 16.7 Å². The maximum Gasteiger partial charge on any atom is 0.419 e. The van der Waals surface area contributed by atoms with E-state index in [2.05, 4.69) is 4.72 Å². The zero-order valence-corrected chi connectivity index (χ0v) is 15.2. The molecule has 0 saturated heterocycles. The maximum absolute atomic E-state index is 13.4. The van der Waals surface area contributed by atoms with Crippen LogP contribution in [-0.4, -0.2) is 20.1 Å². The Bertz CT molecular complexity index is 947. The predicted octanol–water partition coefficient (Wildman–Crippen LogP) is 3.61. The molecule has 0 heterocycles. The van der Waals surface area contributed by atoms with Crippen molar-refractivity contribution in [3.05, 3.63) is 53.8 Å². The first-order chi connectivity index (χ1) is 12.5. The van der Waals surface area contributed by atoms with Gasteiger partial charge in [0.2, 0.25) is 5.91 Å². The average Bonchev–Trinajstić information content (AvgIpc) is 2.55. The van der Waals surface area contributed by atoms with Crippen LogP contribution in [0.5, 0.6) is 0 Å². The number of para-hydroxylation sites is 1. The lowest BCUT2D eigenvalue weighted by molar-refractivity contribution is -0.140. The Hall–Kier alpha value is -2.27. The maximum atomic E-state index is 13.4. The Labute approximate surface area is 157 Å². The van der Waals surface area contributed by atoms with E-state index in [1.165, 1.54) is 12.1 Å². The first-order valence-electron chi connectivity index (χ1n) is 7.40. The van der Waals surface area contributed by atoms with Gasteiger partial charge in [0, 0.05) is 17.1 Å². The monoisotopic (exact) mass is 422 g/mol. The van der Waals surface area contributed by atoms with Gasteiger partial charge in [-0.15, -0.1) is 11.8 Å². The highest BCUT2D eigenvalue weighted by Gasteiger charge is 2.35. The molecule has 0 radical (unpaired) electrons. The van der Waals surface area contributed by atoms with Gasteiger partial charge >= 0.3 is 6.18 Å². The van der Waals surface area contributed by atoms with Gasteiger partial charge in [-0.25, -0.2) is 12.8 Å². The van der Waals surface area contributed by atoms with Crippen molar-refractivity contribution in [2.75, 3.05) is 10.5 Å². The summed E-state index contributed by atoms with van der Waals surface area (Å²) in [5.41, 5.74) is 3.49. The number of sulfonamides is 1. The summed E-state index contributed by atoms with van der Waals surface area (Å²) >= 11 is 1.15. The summed E-state index contributed by atoms with van der Waals surface area (Å²) < 4.78 is 78.9. The molecular weight excluding hydrogens is 408 g/mol. The number of hydrogen-bond donors (Lipinski definition) is 2. The van der Waals surface area contributed by atoms with Crippen LogP contribution in [0.2, 0.25) is 0 Å². The summed E-state index contributed by atoms with van der Waals surface area (Å²) in [5.74, 6) is -1.79. The van der Waals surface area contributed by atoms with E-state index < -0.39 is 38.4 Å². The average molecular weight is 422 g/mol. The number of nitrogens with two attached hydrogens (primary N) is 1. The normalized spacial score (nSPS) is 12.0. The third-order valence-electron chi connectivity index (χ3n) is 3.29. The highest BCUT2D eigenvalue weighted by molar-refractivity contribution is 7.99. The van der Waals surface area contributed by atoms with E-state index in [4.69, 9.17) is 5.73 Å². The SMILES string of the molecule is NC(=O)CCSc1ccccc1NS(=O)(=O)c1ccc(F)c(C(F)(F)F)c1. The standard InChI is InChI=1S/C16H14F4N2O3S2/c17-12-6-5-10(9-11(12)16(18,19)20)27(24,25)22-13-3-1-2-4-14(13)26-8-7-15(21)23/h1-6,9,22H,7-8H2,(H2,21,23). The molecule has 0 aliphatic heterocycles.